The zero-order valence-electron chi connectivity index (χ0n) is 13.4. The van der Waals surface area contributed by atoms with E-state index in [1.807, 2.05) is 0 Å². The third kappa shape index (κ3) is 4.68. The van der Waals surface area contributed by atoms with Crippen LogP contribution < -0.4 is 4.72 Å². The number of hydrogen-bond acceptors (Lipinski definition) is 5. The Hall–Kier alpha value is -2.71. The molecular formula is C17H13ClFNO5S. The molecule has 0 spiro atoms. The van der Waals surface area contributed by atoms with Crippen LogP contribution in [0.2, 0.25) is 5.02 Å². The maximum Gasteiger partial charge on any atom is 0.261 e. The number of anilines is 1. The van der Waals surface area contributed by atoms with E-state index in [0.717, 1.165) is 31.2 Å². The van der Waals surface area contributed by atoms with Crippen molar-refractivity contribution in [2.45, 2.75) is 11.8 Å². The molecule has 0 saturated heterocycles. The lowest BCUT2D eigenvalue weighted by Gasteiger charge is -2.10. The molecule has 2 rings (SSSR count). The molecule has 0 atom stereocenters. The molecule has 26 heavy (non-hydrogen) atoms. The first-order chi connectivity index (χ1) is 12.1. The summed E-state index contributed by atoms with van der Waals surface area (Å²) in [7, 11) is -4.05. The fraction of sp³-hybridized carbons (Fsp3) is 0.0588. The Morgan fingerprint density at radius 3 is 2.50 bits per heavy atom. The van der Waals surface area contributed by atoms with E-state index in [2.05, 4.69) is 4.72 Å². The molecule has 0 heterocycles. The summed E-state index contributed by atoms with van der Waals surface area (Å²) in [5, 5.41) is 9.56. The fourth-order valence-electron chi connectivity index (χ4n) is 1.91. The number of ketones is 2. The number of rotatable bonds is 6. The van der Waals surface area contributed by atoms with Crippen LogP contribution in [0.25, 0.3) is 5.76 Å². The minimum atomic E-state index is -4.05. The van der Waals surface area contributed by atoms with Crippen LogP contribution in [0, 0.1) is 5.82 Å². The van der Waals surface area contributed by atoms with Crippen LogP contribution in [0.1, 0.15) is 12.5 Å². The predicted molar refractivity (Wildman–Crippen MR) is 95.0 cm³/mol. The van der Waals surface area contributed by atoms with E-state index in [9.17, 15) is 27.5 Å². The molecule has 0 aliphatic heterocycles. The third-order valence-electron chi connectivity index (χ3n) is 3.23. The van der Waals surface area contributed by atoms with Crippen LogP contribution in [-0.4, -0.2) is 25.1 Å². The number of aliphatic hydroxyl groups is 1. The van der Waals surface area contributed by atoms with Gasteiger partial charge in [0.2, 0.25) is 5.78 Å². The van der Waals surface area contributed by atoms with Gasteiger partial charge in [-0.3, -0.25) is 14.3 Å². The van der Waals surface area contributed by atoms with Crippen molar-refractivity contribution in [3.05, 3.63) is 64.9 Å². The van der Waals surface area contributed by atoms with Crippen molar-refractivity contribution < 1.29 is 27.5 Å². The standard InChI is InChI=1S/C17H13ClFNO5S/c1-10(21)16(22)9-17(23)11-3-2-4-12(7-11)20-26(24,25)13-5-6-15(19)14(18)8-13/h2-9,20,23H,1H3/b17-9-. The van der Waals surface area contributed by atoms with Crippen molar-refractivity contribution in [3.63, 3.8) is 0 Å². The smallest absolute Gasteiger partial charge is 0.261 e. The minimum absolute atomic E-state index is 0.0816. The number of benzene rings is 2. The summed E-state index contributed by atoms with van der Waals surface area (Å²) in [4.78, 5) is 22.0. The Labute approximate surface area is 154 Å². The topological polar surface area (TPSA) is 101 Å². The number of aliphatic hydroxyl groups excluding tert-OH is 1. The summed E-state index contributed by atoms with van der Waals surface area (Å²) in [6.07, 6.45) is 0.746. The van der Waals surface area contributed by atoms with Crippen molar-refractivity contribution in [1.82, 2.24) is 0 Å². The second kappa shape index (κ2) is 7.67. The van der Waals surface area contributed by atoms with Gasteiger partial charge in [-0.05, 0) is 30.3 Å². The zero-order chi connectivity index (χ0) is 19.5. The number of carbonyl (C=O) groups excluding carboxylic acids is 2. The molecule has 0 bridgehead atoms. The quantitative estimate of drug-likeness (QED) is 0.442. The summed E-state index contributed by atoms with van der Waals surface area (Å²) in [6, 6.07) is 8.48. The molecular weight excluding hydrogens is 385 g/mol. The first-order valence-electron chi connectivity index (χ1n) is 7.14. The van der Waals surface area contributed by atoms with Crippen LogP contribution in [0.4, 0.5) is 10.1 Å². The van der Waals surface area contributed by atoms with E-state index in [-0.39, 0.29) is 21.2 Å². The van der Waals surface area contributed by atoms with E-state index in [0.29, 0.717) is 0 Å². The Balaban J connectivity index is 2.31. The van der Waals surface area contributed by atoms with E-state index < -0.39 is 33.2 Å². The first-order valence-corrected chi connectivity index (χ1v) is 9.00. The molecule has 0 unspecified atom stereocenters. The van der Waals surface area contributed by atoms with E-state index in [1.54, 1.807) is 0 Å². The number of carbonyl (C=O) groups is 2. The summed E-state index contributed by atoms with van der Waals surface area (Å²) in [5.41, 5.74) is 0.204. The van der Waals surface area contributed by atoms with Crippen molar-refractivity contribution in [2.75, 3.05) is 4.72 Å². The SMILES string of the molecule is CC(=O)C(=O)/C=C(\O)c1cccc(NS(=O)(=O)c2ccc(F)c(Cl)c2)c1. The normalized spacial score (nSPS) is 11.9. The molecule has 0 radical (unpaired) electrons. The number of hydrogen-bond donors (Lipinski definition) is 2. The van der Waals surface area contributed by atoms with Gasteiger partial charge in [0.15, 0.2) is 5.78 Å². The summed E-state index contributed by atoms with van der Waals surface area (Å²) < 4.78 is 40.1. The lowest BCUT2D eigenvalue weighted by molar-refractivity contribution is -0.132. The monoisotopic (exact) mass is 397 g/mol. The number of Topliss-reactive ketones (excluding diaryl/α,β-unsaturated/α-hetero) is 1. The van der Waals surface area contributed by atoms with Crippen LogP contribution in [0.5, 0.6) is 0 Å². The molecule has 0 aliphatic carbocycles. The second-order valence-electron chi connectivity index (χ2n) is 5.21. The van der Waals surface area contributed by atoms with Gasteiger partial charge in [-0.15, -0.1) is 0 Å². The molecule has 6 nitrogen and oxygen atoms in total. The Bertz CT molecular complexity index is 1020. The van der Waals surface area contributed by atoms with Gasteiger partial charge in [0.05, 0.1) is 9.92 Å². The van der Waals surface area contributed by atoms with E-state index in [4.69, 9.17) is 11.6 Å². The lowest BCUT2D eigenvalue weighted by atomic mass is 10.1. The maximum atomic E-state index is 13.2. The molecule has 0 aromatic heterocycles. The number of nitrogens with one attached hydrogen (secondary N) is 1. The molecule has 0 saturated carbocycles. The average molecular weight is 398 g/mol. The number of halogens is 2. The summed E-state index contributed by atoms with van der Waals surface area (Å²) in [6.45, 7) is 1.06. The van der Waals surface area contributed by atoms with Crippen molar-refractivity contribution in [1.29, 1.82) is 0 Å². The van der Waals surface area contributed by atoms with E-state index in [1.165, 1.54) is 24.3 Å². The van der Waals surface area contributed by atoms with Gasteiger partial charge in [0, 0.05) is 24.3 Å². The van der Waals surface area contributed by atoms with Gasteiger partial charge in [-0.2, -0.15) is 0 Å². The molecule has 9 heteroatoms. The molecule has 136 valence electrons. The van der Waals surface area contributed by atoms with Gasteiger partial charge in [0.25, 0.3) is 10.0 Å². The number of sulfonamides is 1. The minimum Gasteiger partial charge on any atom is -0.507 e. The fourth-order valence-corrected chi connectivity index (χ4v) is 3.23. The third-order valence-corrected chi connectivity index (χ3v) is 4.90. The van der Waals surface area contributed by atoms with Gasteiger partial charge in [-0.1, -0.05) is 23.7 Å². The van der Waals surface area contributed by atoms with Crippen molar-refractivity contribution in [3.8, 4) is 0 Å². The highest BCUT2D eigenvalue weighted by molar-refractivity contribution is 7.92. The lowest BCUT2D eigenvalue weighted by Crippen LogP contribution is -2.13. The molecule has 2 N–H and O–H groups in total. The van der Waals surface area contributed by atoms with Gasteiger partial charge in [-0.25, -0.2) is 12.8 Å². The van der Waals surface area contributed by atoms with Gasteiger partial charge in [0.1, 0.15) is 11.6 Å². The molecule has 0 aliphatic rings. The Morgan fingerprint density at radius 2 is 1.88 bits per heavy atom. The Morgan fingerprint density at radius 1 is 1.19 bits per heavy atom. The van der Waals surface area contributed by atoms with Gasteiger partial charge >= 0.3 is 0 Å². The highest BCUT2D eigenvalue weighted by atomic mass is 35.5. The molecule has 0 amide bonds. The van der Waals surface area contributed by atoms with Crippen molar-refractivity contribution >= 4 is 44.6 Å². The molecule has 2 aromatic carbocycles. The van der Waals surface area contributed by atoms with Crippen LogP contribution in [0.15, 0.2) is 53.4 Å². The largest absolute Gasteiger partial charge is 0.507 e. The average Bonchev–Trinajstić information content (AvgIpc) is 2.56. The van der Waals surface area contributed by atoms with Crippen molar-refractivity contribution in [2.24, 2.45) is 0 Å². The van der Waals surface area contributed by atoms with Gasteiger partial charge < -0.3 is 5.11 Å². The predicted octanol–water partition coefficient (Wildman–Crippen LogP) is 3.34. The highest BCUT2D eigenvalue weighted by Crippen LogP contribution is 2.23. The number of allylic oxidation sites excluding steroid dienone is 1. The molecule has 2 aromatic rings. The zero-order valence-corrected chi connectivity index (χ0v) is 14.9. The van der Waals surface area contributed by atoms with E-state index >= 15 is 0 Å². The maximum absolute atomic E-state index is 13.2. The van der Waals surface area contributed by atoms with Crippen LogP contribution in [0.3, 0.4) is 0 Å². The second-order valence-corrected chi connectivity index (χ2v) is 7.30. The van der Waals surface area contributed by atoms with Crippen LogP contribution in [-0.2, 0) is 19.6 Å². The highest BCUT2D eigenvalue weighted by Gasteiger charge is 2.17. The Kier molecular flexibility index (Phi) is 5.79. The van der Waals surface area contributed by atoms with Crippen LogP contribution >= 0.6 is 11.6 Å². The molecule has 0 fully saturated rings. The first kappa shape index (κ1) is 19.6. The summed E-state index contributed by atoms with van der Waals surface area (Å²) >= 11 is 5.60. The summed E-state index contributed by atoms with van der Waals surface area (Å²) in [5.74, 6) is -2.88.